The molecule has 1 amide bonds. The Bertz CT molecular complexity index is 2290. The van der Waals surface area contributed by atoms with Crippen molar-refractivity contribution in [1.82, 2.24) is 5.32 Å². The molecule has 3 heterocycles. The maximum Gasteiger partial charge on any atom is 0.220 e. The zero-order valence-electron chi connectivity index (χ0n) is 57.1. The summed E-state index contributed by atoms with van der Waals surface area (Å²) in [4.78, 5) is 13.4. The van der Waals surface area contributed by atoms with Crippen LogP contribution in [-0.2, 0) is 33.2 Å². The van der Waals surface area contributed by atoms with Crippen molar-refractivity contribution >= 4 is 5.91 Å². The number of allylic oxidation sites excluding steroid dienone is 23. The molecule has 19 nitrogen and oxygen atoms in total. The zero-order valence-corrected chi connectivity index (χ0v) is 57.1. The number of carbonyl (C=O) groups excluding carboxylic acids is 1. The molecular formula is C76H123NO18. The Balaban J connectivity index is 1.41. The van der Waals surface area contributed by atoms with Crippen LogP contribution in [0, 0.1) is 0 Å². The molecule has 0 aromatic carbocycles. The standard InChI is InChI=1S/C76H123NO18/c1-3-5-7-9-11-13-15-17-19-20-21-22-23-24-25-26-27-28-29-30-31-32-33-34-35-36-37-38-40-42-44-46-48-50-52-54-64(82)77-59(60(81)53-51-49-47-45-43-41-39-18-16-14-12-10-8-6-4-2)58-90-74-70(88)67(85)72(62(56-79)92-74)95-76-71(89)68(86)73(63(57-80)93-76)94-75-69(87)66(84)65(83)61(55-78)91-75/h5,7,11,13,17,19,21-22,24-25,27-28,30-31,33-34,36-37,40,42-43,45,51,53,59-63,65-76,78-81,83-89H,3-4,6,8-10,12,14-16,18,20,23,26,29,32,35,38-39,41,44,46-50,52,54-58H2,1-2H3,(H,77,82)/b7-5-,13-11-,19-17-,22-21-,25-24-,28-27-,31-30-,34-33-,37-36-,42-40-,45-43+,53-51+. The normalized spacial score (nSPS) is 28.1. The molecule has 12 N–H and O–H groups in total. The second-order valence-electron chi connectivity index (χ2n) is 24.6. The summed E-state index contributed by atoms with van der Waals surface area (Å²) in [5.41, 5.74) is 0. The van der Waals surface area contributed by atoms with Crippen LogP contribution in [0.25, 0.3) is 0 Å². The summed E-state index contributed by atoms with van der Waals surface area (Å²) < 4.78 is 34.3. The van der Waals surface area contributed by atoms with Crippen LogP contribution in [0.15, 0.2) is 146 Å². The first-order valence-electron chi connectivity index (χ1n) is 35.6. The van der Waals surface area contributed by atoms with E-state index in [1.165, 1.54) is 51.4 Å². The fraction of sp³-hybridized carbons (Fsp3) is 0.671. The van der Waals surface area contributed by atoms with Crippen LogP contribution in [0.5, 0.6) is 0 Å². The lowest BCUT2D eigenvalue weighted by atomic mass is 9.96. The third kappa shape index (κ3) is 36.9. The Labute approximate surface area is 568 Å². The van der Waals surface area contributed by atoms with Gasteiger partial charge in [0.1, 0.15) is 73.2 Å². The number of carbonyl (C=O) groups is 1. The van der Waals surface area contributed by atoms with Gasteiger partial charge in [0.15, 0.2) is 18.9 Å². The Morgan fingerprint density at radius 2 is 0.737 bits per heavy atom. The summed E-state index contributed by atoms with van der Waals surface area (Å²) in [6.45, 7) is 1.54. The molecule has 0 aromatic heterocycles. The van der Waals surface area contributed by atoms with Gasteiger partial charge < -0.3 is 89.9 Å². The third-order valence-corrected chi connectivity index (χ3v) is 16.6. The third-order valence-electron chi connectivity index (χ3n) is 16.6. The molecule has 19 heteroatoms. The van der Waals surface area contributed by atoms with Gasteiger partial charge in [-0.3, -0.25) is 4.79 Å². The largest absolute Gasteiger partial charge is 0.394 e. The van der Waals surface area contributed by atoms with Gasteiger partial charge in [-0.15, -0.1) is 0 Å². The van der Waals surface area contributed by atoms with E-state index in [1.54, 1.807) is 6.08 Å². The van der Waals surface area contributed by atoms with Crippen LogP contribution in [0.4, 0.5) is 0 Å². The van der Waals surface area contributed by atoms with Gasteiger partial charge in [-0.1, -0.05) is 224 Å². The van der Waals surface area contributed by atoms with Gasteiger partial charge in [0.25, 0.3) is 0 Å². The molecule has 3 saturated heterocycles. The first-order valence-corrected chi connectivity index (χ1v) is 35.6. The number of aliphatic hydroxyl groups is 11. The van der Waals surface area contributed by atoms with Crippen LogP contribution in [-0.4, -0.2) is 193 Å². The number of aliphatic hydroxyl groups excluding tert-OH is 11. The predicted octanol–water partition coefficient (Wildman–Crippen LogP) is 9.93. The van der Waals surface area contributed by atoms with Gasteiger partial charge in [0, 0.05) is 6.42 Å². The topological polar surface area (TPSA) is 307 Å². The number of unbranched alkanes of at least 4 members (excludes halogenated alkanes) is 14. The van der Waals surface area contributed by atoms with Crippen molar-refractivity contribution in [3.05, 3.63) is 146 Å². The summed E-state index contributed by atoms with van der Waals surface area (Å²) in [6, 6.07) is -1.02. The molecule has 17 atom stereocenters. The van der Waals surface area contributed by atoms with Crippen molar-refractivity contribution in [3.63, 3.8) is 0 Å². The van der Waals surface area contributed by atoms with Gasteiger partial charge >= 0.3 is 0 Å². The lowest BCUT2D eigenvalue weighted by molar-refractivity contribution is -0.379. The maximum atomic E-state index is 13.4. The zero-order chi connectivity index (χ0) is 68.9. The Hall–Kier alpha value is -4.33. The van der Waals surface area contributed by atoms with Crippen LogP contribution >= 0.6 is 0 Å². The second kappa shape index (κ2) is 55.5. The van der Waals surface area contributed by atoms with Crippen LogP contribution < -0.4 is 5.32 Å². The van der Waals surface area contributed by atoms with Gasteiger partial charge in [-0.25, -0.2) is 0 Å². The Morgan fingerprint density at radius 1 is 0.389 bits per heavy atom. The van der Waals surface area contributed by atoms with E-state index in [4.69, 9.17) is 28.4 Å². The number of hydrogen-bond donors (Lipinski definition) is 12. The molecule has 95 heavy (non-hydrogen) atoms. The SMILES string of the molecule is CC/C=C\C/C=C\C/C=C\C/C=C\C/C=C\C/C=C\C/C=C\C/C=C\C/C=C\C/C=C\CCCCCCC(=O)NC(COC1OC(CO)C(OC2OC(CO)C(OC3OC(CO)C(O)C(O)C3O)C(O)C2O)C(O)C1O)C(O)/C=C/CC/C=C/CCCCCCCCCCC. The molecule has 540 valence electrons. The number of amides is 1. The maximum absolute atomic E-state index is 13.4. The summed E-state index contributed by atoms with van der Waals surface area (Å²) in [5.74, 6) is -0.317. The van der Waals surface area contributed by atoms with Crippen LogP contribution in [0.3, 0.4) is 0 Å². The molecule has 3 rings (SSSR count). The highest BCUT2D eigenvalue weighted by molar-refractivity contribution is 5.76. The smallest absolute Gasteiger partial charge is 0.220 e. The number of ether oxygens (including phenoxy) is 6. The average molecular weight is 1340 g/mol. The number of nitrogens with one attached hydrogen (secondary N) is 1. The van der Waals surface area contributed by atoms with Gasteiger partial charge in [-0.2, -0.15) is 0 Å². The van der Waals surface area contributed by atoms with Gasteiger partial charge in [0.05, 0.1) is 38.6 Å². The Morgan fingerprint density at radius 3 is 1.18 bits per heavy atom. The van der Waals surface area contributed by atoms with E-state index in [2.05, 4.69) is 153 Å². The highest BCUT2D eigenvalue weighted by Crippen LogP contribution is 2.33. The van der Waals surface area contributed by atoms with Crippen molar-refractivity contribution in [2.75, 3.05) is 26.4 Å². The molecule has 3 aliphatic rings. The van der Waals surface area contributed by atoms with E-state index in [-0.39, 0.29) is 18.9 Å². The molecule has 0 radical (unpaired) electrons. The van der Waals surface area contributed by atoms with E-state index in [0.29, 0.717) is 12.8 Å². The minimum absolute atomic E-state index is 0.195. The van der Waals surface area contributed by atoms with Crippen LogP contribution in [0.2, 0.25) is 0 Å². The fourth-order valence-electron chi connectivity index (χ4n) is 10.9. The summed E-state index contributed by atoms with van der Waals surface area (Å²) >= 11 is 0. The quantitative estimate of drug-likeness (QED) is 0.0199. The van der Waals surface area contributed by atoms with E-state index in [1.807, 2.05) is 6.08 Å². The molecule has 0 aromatic rings. The molecule has 3 aliphatic heterocycles. The molecule has 0 aliphatic carbocycles. The second-order valence-corrected chi connectivity index (χ2v) is 24.6. The van der Waals surface area contributed by atoms with Gasteiger partial charge in [0.2, 0.25) is 5.91 Å². The lowest BCUT2D eigenvalue weighted by Gasteiger charge is -2.48. The summed E-state index contributed by atoms with van der Waals surface area (Å²) in [5, 5.41) is 120. The monoisotopic (exact) mass is 1340 g/mol. The van der Waals surface area contributed by atoms with Crippen molar-refractivity contribution < 1.29 is 89.4 Å². The van der Waals surface area contributed by atoms with Crippen molar-refractivity contribution in [2.24, 2.45) is 0 Å². The van der Waals surface area contributed by atoms with Crippen LogP contribution in [0.1, 0.15) is 194 Å². The summed E-state index contributed by atoms with van der Waals surface area (Å²) in [6.07, 6.45) is 52.5. The minimum atomic E-state index is -1.99. The number of rotatable bonds is 52. The van der Waals surface area contributed by atoms with Crippen molar-refractivity contribution in [3.8, 4) is 0 Å². The molecule has 0 saturated carbocycles. The average Bonchev–Trinajstić information content (AvgIpc) is 0.799. The molecule has 0 spiro atoms. The predicted molar refractivity (Wildman–Crippen MR) is 373 cm³/mol. The van der Waals surface area contributed by atoms with Gasteiger partial charge in [-0.05, 0) is 109 Å². The fourth-order valence-corrected chi connectivity index (χ4v) is 10.9. The number of hydrogen-bond acceptors (Lipinski definition) is 18. The first-order chi connectivity index (χ1) is 46.3. The van der Waals surface area contributed by atoms with E-state index < -0.39 is 124 Å². The molecule has 3 fully saturated rings. The first kappa shape index (κ1) is 84.9. The van der Waals surface area contributed by atoms with Crippen molar-refractivity contribution in [1.29, 1.82) is 0 Å². The molecule has 0 bridgehead atoms. The van der Waals surface area contributed by atoms with Crippen molar-refractivity contribution in [2.45, 2.75) is 298 Å². The van der Waals surface area contributed by atoms with E-state index in [9.17, 15) is 61.0 Å². The van der Waals surface area contributed by atoms with E-state index >= 15 is 0 Å². The highest BCUT2D eigenvalue weighted by Gasteiger charge is 2.53. The minimum Gasteiger partial charge on any atom is -0.394 e. The van der Waals surface area contributed by atoms with E-state index in [0.717, 1.165) is 109 Å². The molecule has 17 unspecified atom stereocenters. The Kier molecular flexibility index (Phi) is 49.6. The summed E-state index contributed by atoms with van der Waals surface area (Å²) in [7, 11) is 0. The lowest BCUT2D eigenvalue weighted by Crippen LogP contribution is -2.66. The highest BCUT2D eigenvalue weighted by atomic mass is 16.8. The molecular weight excluding hydrogens is 1210 g/mol.